The molecule has 1 aliphatic rings. The van der Waals surface area contributed by atoms with Crippen LogP contribution in [0.15, 0.2) is 0 Å². The van der Waals surface area contributed by atoms with Gasteiger partial charge in [0.2, 0.25) is 0 Å². The standard InChI is InChI=1S/C7H15Cl2N2O2P/c8-2-5-11(6-3-9)14(12)10-4-1-7-13-14/h1-7H2,(H,10,12)/i4D2/hD. The molecule has 1 N–H and O–H groups in total. The summed E-state index contributed by atoms with van der Waals surface area (Å²) in [6.45, 7) is -1.49. The van der Waals surface area contributed by atoms with Crippen molar-refractivity contribution >= 4 is 30.9 Å². The molecule has 14 heavy (non-hydrogen) atoms. The van der Waals surface area contributed by atoms with E-state index >= 15 is 0 Å². The summed E-state index contributed by atoms with van der Waals surface area (Å²) in [5, 5.41) is 0.419. The molecular formula is C7H15Cl2N2O2P. The lowest BCUT2D eigenvalue weighted by atomic mass is 10.5. The smallest absolute Gasteiger partial charge is 0.306 e. The van der Waals surface area contributed by atoms with Crippen LogP contribution in [0, 0.1) is 0 Å². The Morgan fingerprint density at radius 3 is 2.79 bits per heavy atom. The summed E-state index contributed by atoms with van der Waals surface area (Å²) in [5.74, 6) is 0.419. The van der Waals surface area contributed by atoms with Gasteiger partial charge in [0.1, 0.15) is 1.41 Å². The molecule has 0 aromatic heterocycles. The molecule has 1 fully saturated rings. The molecule has 0 aromatic rings. The van der Waals surface area contributed by atoms with Crippen molar-refractivity contribution in [3.8, 4) is 0 Å². The lowest BCUT2D eigenvalue weighted by Gasteiger charge is -2.33. The van der Waals surface area contributed by atoms with Crippen LogP contribution in [-0.2, 0) is 9.09 Å². The molecule has 0 amide bonds. The third-order valence-corrected chi connectivity index (χ3v) is 4.08. The molecule has 0 aromatic carbocycles. The molecule has 0 aliphatic carbocycles. The second-order valence-corrected chi connectivity index (χ2v) is 5.42. The van der Waals surface area contributed by atoms with Crippen LogP contribution in [0.5, 0.6) is 0 Å². The van der Waals surface area contributed by atoms with Gasteiger partial charge in [0.15, 0.2) is 0 Å². The Balaban J connectivity index is 2.93. The quantitative estimate of drug-likeness (QED) is 0.608. The fraction of sp³-hybridized carbons (Fsp3) is 1.00. The molecule has 84 valence electrons. The second kappa shape index (κ2) is 6.31. The first kappa shape index (κ1) is 8.80. The Hall–Kier alpha value is 0.690. The number of alkyl halides is 2. The van der Waals surface area contributed by atoms with Crippen LogP contribution in [0.25, 0.3) is 0 Å². The number of halogens is 2. The highest BCUT2D eigenvalue weighted by Gasteiger charge is 2.32. The minimum atomic E-state index is -3.68. The highest BCUT2D eigenvalue weighted by atomic mass is 35.5. The molecule has 7 heteroatoms. The molecule has 0 spiro atoms. The summed E-state index contributed by atoms with van der Waals surface area (Å²) in [6.07, 6.45) is 0.0100. The maximum atomic E-state index is 12.5. The van der Waals surface area contributed by atoms with Crippen molar-refractivity contribution in [1.82, 2.24) is 9.75 Å². The Morgan fingerprint density at radius 2 is 2.21 bits per heavy atom. The van der Waals surface area contributed by atoms with Gasteiger partial charge in [-0.3, -0.25) is 4.57 Å². The topological polar surface area (TPSA) is 41.6 Å². The van der Waals surface area contributed by atoms with E-state index in [4.69, 9.17) is 31.9 Å². The van der Waals surface area contributed by atoms with Crippen LogP contribution in [0.2, 0.25) is 1.41 Å². The number of nitrogens with one attached hydrogen (secondary N) is 1. The van der Waals surface area contributed by atoms with E-state index in [9.17, 15) is 4.57 Å². The van der Waals surface area contributed by atoms with E-state index in [1.165, 1.54) is 4.67 Å². The van der Waals surface area contributed by atoms with Crippen LogP contribution in [-0.4, -0.2) is 42.6 Å². The minimum Gasteiger partial charge on any atom is -0.306 e. The number of rotatable bonds is 5. The van der Waals surface area contributed by atoms with Gasteiger partial charge in [-0.1, -0.05) is 0 Å². The SMILES string of the molecule is [2H]N1C([2H])([2H])CCOP1(=O)N(CCCl)CCCl. The molecule has 1 unspecified atom stereocenters. The predicted octanol–water partition coefficient (Wildman–Crippen LogP) is 1.88. The first-order chi connectivity index (χ1) is 7.88. The third-order valence-electron chi connectivity index (χ3n) is 1.71. The van der Waals surface area contributed by atoms with Crippen molar-refractivity contribution in [2.24, 2.45) is 0 Å². The molecule has 1 heterocycles. The molecule has 1 rings (SSSR count). The van der Waals surface area contributed by atoms with E-state index < -0.39 is 14.2 Å². The van der Waals surface area contributed by atoms with Crippen molar-refractivity contribution in [3.05, 3.63) is 0 Å². The van der Waals surface area contributed by atoms with Crippen molar-refractivity contribution in [1.29, 1.82) is 0 Å². The highest BCUT2D eigenvalue weighted by Crippen LogP contribution is 2.47. The second-order valence-electron chi connectivity index (χ2n) is 2.66. The maximum absolute atomic E-state index is 12.5. The maximum Gasteiger partial charge on any atom is 0.343 e. The number of hydrogen-bond acceptors (Lipinski definition) is 2. The molecule has 1 saturated heterocycles. The van der Waals surface area contributed by atoms with Gasteiger partial charge in [0.25, 0.3) is 0 Å². The molecule has 4 nitrogen and oxygen atoms in total. The first-order valence-electron chi connectivity index (χ1n) is 5.75. The largest absolute Gasteiger partial charge is 0.343 e. The molecule has 0 radical (unpaired) electrons. The van der Waals surface area contributed by atoms with E-state index in [0.29, 0.717) is 5.08 Å². The van der Waals surface area contributed by atoms with Crippen molar-refractivity contribution in [2.45, 2.75) is 6.42 Å². The highest BCUT2D eigenvalue weighted by molar-refractivity contribution is 7.54. The number of hydrogen-bond donors (Lipinski definition) is 1. The Morgan fingerprint density at radius 1 is 1.57 bits per heavy atom. The fourth-order valence-corrected chi connectivity index (χ4v) is 3.39. The lowest BCUT2D eigenvalue weighted by Crippen LogP contribution is -2.35. The zero-order valence-corrected chi connectivity index (χ0v) is 10.1. The summed E-state index contributed by atoms with van der Waals surface area (Å²) in [4.78, 5) is 0. The summed E-state index contributed by atoms with van der Waals surface area (Å²) in [7, 11) is -3.68. The van der Waals surface area contributed by atoms with Gasteiger partial charge in [0.05, 0.1) is 6.61 Å². The first-order valence-corrected chi connectivity index (χ1v) is 6.90. The van der Waals surface area contributed by atoms with Gasteiger partial charge in [0, 0.05) is 34.1 Å². The average molecular weight is 264 g/mol. The van der Waals surface area contributed by atoms with Crippen LogP contribution >= 0.6 is 30.9 Å². The van der Waals surface area contributed by atoms with Crippen LogP contribution in [0.1, 0.15) is 9.16 Å². The van der Waals surface area contributed by atoms with Gasteiger partial charge >= 0.3 is 7.67 Å². The lowest BCUT2D eigenvalue weighted by molar-refractivity contribution is 0.233. The van der Waals surface area contributed by atoms with Crippen LogP contribution < -0.4 is 5.08 Å². The van der Waals surface area contributed by atoms with E-state index in [2.05, 4.69) is 0 Å². The predicted molar refractivity (Wildman–Crippen MR) is 59.2 cm³/mol. The van der Waals surface area contributed by atoms with Gasteiger partial charge in [-0.25, -0.2) is 9.75 Å². The van der Waals surface area contributed by atoms with Gasteiger partial charge < -0.3 is 4.52 Å². The van der Waals surface area contributed by atoms with E-state index in [-0.39, 0.29) is 37.9 Å². The molecule has 0 saturated carbocycles. The Kier molecular flexibility index (Phi) is 3.97. The van der Waals surface area contributed by atoms with Crippen molar-refractivity contribution < 1.29 is 13.2 Å². The molecule has 1 aliphatic heterocycles. The van der Waals surface area contributed by atoms with E-state index in [1.54, 1.807) is 0 Å². The zero-order chi connectivity index (χ0) is 13.1. The molecule has 0 bridgehead atoms. The Labute approximate surface area is 98.7 Å². The van der Waals surface area contributed by atoms with E-state index in [0.717, 1.165) is 0 Å². The van der Waals surface area contributed by atoms with Crippen LogP contribution in [0.4, 0.5) is 0 Å². The minimum absolute atomic E-state index is 0.0100. The summed E-state index contributed by atoms with van der Waals surface area (Å²) < 4.78 is 41.9. The van der Waals surface area contributed by atoms with Gasteiger partial charge in [-0.2, -0.15) is 0 Å². The normalized spacial score (nSPS) is 36.4. The average Bonchev–Trinajstić information content (AvgIpc) is 2.25. The summed E-state index contributed by atoms with van der Waals surface area (Å²) in [5.41, 5.74) is 0. The van der Waals surface area contributed by atoms with Crippen molar-refractivity contribution in [3.63, 3.8) is 0 Å². The monoisotopic (exact) mass is 263 g/mol. The Bertz CT molecular complexity index is 305. The van der Waals surface area contributed by atoms with Gasteiger partial charge in [-0.15, -0.1) is 23.2 Å². The van der Waals surface area contributed by atoms with Crippen molar-refractivity contribution in [2.75, 3.05) is 38.0 Å². The van der Waals surface area contributed by atoms with Gasteiger partial charge in [-0.05, 0) is 6.42 Å². The molecule has 1 atom stereocenters. The molecular weight excluding hydrogens is 246 g/mol. The summed E-state index contributed by atoms with van der Waals surface area (Å²) >= 11 is 11.2. The summed E-state index contributed by atoms with van der Waals surface area (Å²) in [6, 6.07) is 0. The zero-order valence-electron chi connectivity index (χ0n) is 10.7. The third kappa shape index (κ3) is 3.37. The fourth-order valence-electron chi connectivity index (χ4n) is 1.08. The number of nitrogens with zero attached hydrogens (tertiary/aromatic N) is 1. The van der Waals surface area contributed by atoms with E-state index in [1.807, 2.05) is 0 Å². The van der Waals surface area contributed by atoms with Crippen LogP contribution in [0.3, 0.4) is 0 Å².